The third kappa shape index (κ3) is 4.94. The molecular formula is C16H17BrFNO. The van der Waals surface area contributed by atoms with Crippen molar-refractivity contribution < 1.29 is 9.13 Å². The fraction of sp³-hybridized carbons (Fsp3) is 0.250. The molecule has 0 unspecified atom stereocenters. The molecule has 0 radical (unpaired) electrons. The SMILES string of the molecule is CN(CCOc1cccc(Br)c1)Cc1ccc(F)cc1. The van der Waals surface area contributed by atoms with Crippen LogP contribution < -0.4 is 4.74 Å². The fourth-order valence-electron chi connectivity index (χ4n) is 1.86. The molecule has 2 aromatic carbocycles. The zero-order chi connectivity index (χ0) is 14.4. The number of halogens is 2. The summed E-state index contributed by atoms with van der Waals surface area (Å²) in [4.78, 5) is 2.14. The van der Waals surface area contributed by atoms with Crippen LogP contribution in [0.4, 0.5) is 4.39 Å². The van der Waals surface area contributed by atoms with Crippen molar-refractivity contribution in [1.82, 2.24) is 4.90 Å². The summed E-state index contributed by atoms with van der Waals surface area (Å²) >= 11 is 3.41. The summed E-state index contributed by atoms with van der Waals surface area (Å²) in [6.07, 6.45) is 0. The van der Waals surface area contributed by atoms with Gasteiger partial charge in [0.2, 0.25) is 0 Å². The van der Waals surface area contributed by atoms with Crippen molar-refractivity contribution in [2.45, 2.75) is 6.54 Å². The van der Waals surface area contributed by atoms with Gasteiger partial charge in [-0.1, -0.05) is 34.1 Å². The Morgan fingerprint density at radius 2 is 1.90 bits per heavy atom. The first-order chi connectivity index (χ1) is 9.63. The number of ether oxygens (including phenoxy) is 1. The van der Waals surface area contributed by atoms with Gasteiger partial charge in [0.1, 0.15) is 18.2 Å². The lowest BCUT2D eigenvalue weighted by Gasteiger charge is -2.17. The molecule has 0 bridgehead atoms. The molecule has 0 aliphatic rings. The molecule has 0 N–H and O–H groups in total. The Morgan fingerprint density at radius 3 is 2.60 bits per heavy atom. The van der Waals surface area contributed by atoms with Crippen molar-refractivity contribution in [2.75, 3.05) is 20.2 Å². The highest BCUT2D eigenvalue weighted by Gasteiger charge is 2.02. The summed E-state index contributed by atoms with van der Waals surface area (Å²) < 4.78 is 19.5. The Labute approximate surface area is 127 Å². The van der Waals surface area contributed by atoms with Gasteiger partial charge in [0.05, 0.1) is 0 Å². The van der Waals surface area contributed by atoms with Crippen molar-refractivity contribution in [3.05, 3.63) is 64.4 Å². The second-order valence-electron chi connectivity index (χ2n) is 4.67. The van der Waals surface area contributed by atoms with E-state index >= 15 is 0 Å². The third-order valence-electron chi connectivity index (χ3n) is 2.90. The summed E-state index contributed by atoms with van der Waals surface area (Å²) in [7, 11) is 2.02. The third-order valence-corrected chi connectivity index (χ3v) is 3.40. The molecule has 0 atom stereocenters. The Bertz CT molecular complexity index is 544. The molecule has 2 nitrogen and oxygen atoms in total. The Hall–Kier alpha value is -1.39. The summed E-state index contributed by atoms with van der Waals surface area (Å²) in [6, 6.07) is 14.4. The molecule has 0 fully saturated rings. The van der Waals surface area contributed by atoms with Gasteiger partial charge in [-0.3, -0.25) is 4.90 Å². The maximum absolute atomic E-state index is 12.8. The van der Waals surface area contributed by atoms with Gasteiger partial charge < -0.3 is 4.74 Å². The Balaban J connectivity index is 1.75. The van der Waals surface area contributed by atoms with Crippen LogP contribution >= 0.6 is 15.9 Å². The lowest BCUT2D eigenvalue weighted by molar-refractivity contribution is 0.233. The van der Waals surface area contributed by atoms with E-state index in [0.29, 0.717) is 6.61 Å². The first-order valence-electron chi connectivity index (χ1n) is 6.45. The molecule has 0 amide bonds. The molecule has 0 saturated carbocycles. The fourth-order valence-corrected chi connectivity index (χ4v) is 2.23. The number of hydrogen-bond acceptors (Lipinski definition) is 2. The van der Waals surface area contributed by atoms with Gasteiger partial charge >= 0.3 is 0 Å². The van der Waals surface area contributed by atoms with E-state index in [2.05, 4.69) is 20.8 Å². The lowest BCUT2D eigenvalue weighted by Crippen LogP contribution is -2.23. The van der Waals surface area contributed by atoms with Crippen LogP contribution in [-0.4, -0.2) is 25.1 Å². The summed E-state index contributed by atoms with van der Waals surface area (Å²) in [5, 5.41) is 0. The van der Waals surface area contributed by atoms with Gasteiger partial charge in [-0.05, 0) is 42.9 Å². The molecule has 0 saturated heterocycles. The number of likely N-dealkylation sites (N-methyl/N-ethyl adjacent to an activating group) is 1. The minimum atomic E-state index is -0.200. The molecule has 0 aliphatic carbocycles. The van der Waals surface area contributed by atoms with Gasteiger partial charge in [0.15, 0.2) is 0 Å². The van der Waals surface area contributed by atoms with Gasteiger partial charge in [-0.2, -0.15) is 0 Å². The number of nitrogens with zero attached hydrogens (tertiary/aromatic N) is 1. The van der Waals surface area contributed by atoms with E-state index in [0.717, 1.165) is 28.9 Å². The van der Waals surface area contributed by atoms with Crippen LogP contribution in [0.25, 0.3) is 0 Å². The van der Waals surface area contributed by atoms with E-state index in [1.807, 2.05) is 31.3 Å². The molecule has 0 aromatic heterocycles. The lowest BCUT2D eigenvalue weighted by atomic mass is 10.2. The van der Waals surface area contributed by atoms with Crippen molar-refractivity contribution >= 4 is 15.9 Å². The van der Waals surface area contributed by atoms with E-state index in [1.165, 1.54) is 12.1 Å². The van der Waals surface area contributed by atoms with E-state index in [4.69, 9.17) is 4.74 Å². The monoisotopic (exact) mass is 337 g/mol. The van der Waals surface area contributed by atoms with Crippen LogP contribution in [0, 0.1) is 5.82 Å². The second-order valence-corrected chi connectivity index (χ2v) is 5.59. The zero-order valence-corrected chi connectivity index (χ0v) is 12.9. The molecule has 20 heavy (non-hydrogen) atoms. The largest absolute Gasteiger partial charge is 0.492 e. The first kappa shape index (κ1) is 15.0. The maximum Gasteiger partial charge on any atom is 0.123 e. The quantitative estimate of drug-likeness (QED) is 0.786. The number of hydrogen-bond donors (Lipinski definition) is 0. The standard InChI is InChI=1S/C16H17BrFNO/c1-19(12-13-5-7-15(18)8-6-13)9-10-20-16-4-2-3-14(17)11-16/h2-8,11H,9-10,12H2,1H3. The van der Waals surface area contributed by atoms with Crippen LogP contribution in [0.1, 0.15) is 5.56 Å². The number of benzene rings is 2. The predicted molar refractivity (Wildman–Crippen MR) is 82.4 cm³/mol. The van der Waals surface area contributed by atoms with Crippen LogP contribution in [0.2, 0.25) is 0 Å². The Kier molecular flexibility index (Phi) is 5.56. The normalized spacial score (nSPS) is 10.8. The zero-order valence-electron chi connectivity index (χ0n) is 11.4. The van der Waals surface area contributed by atoms with Crippen molar-refractivity contribution in [2.24, 2.45) is 0 Å². The second kappa shape index (κ2) is 7.41. The maximum atomic E-state index is 12.8. The first-order valence-corrected chi connectivity index (χ1v) is 7.24. The van der Waals surface area contributed by atoms with Gasteiger partial charge in [-0.15, -0.1) is 0 Å². The molecule has 4 heteroatoms. The number of rotatable bonds is 6. The minimum Gasteiger partial charge on any atom is -0.492 e. The summed E-state index contributed by atoms with van der Waals surface area (Å²) in [5.74, 6) is 0.656. The molecular weight excluding hydrogens is 321 g/mol. The molecule has 2 rings (SSSR count). The highest BCUT2D eigenvalue weighted by molar-refractivity contribution is 9.10. The highest BCUT2D eigenvalue weighted by atomic mass is 79.9. The average molecular weight is 338 g/mol. The Morgan fingerprint density at radius 1 is 1.15 bits per heavy atom. The van der Waals surface area contributed by atoms with Gasteiger partial charge in [0, 0.05) is 17.6 Å². The van der Waals surface area contributed by atoms with Crippen LogP contribution in [0.3, 0.4) is 0 Å². The van der Waals surface area contributed by atoms with E-state index in [1.54, 1.807) is 12.1 Å². The summed E-state index contributed by atoms with van der Waals surface area (Å²) in [6.45, 7) is 2.21. The molecule has 0 heterocycles. The average Bonchev–Trinajstić information content (AvgIpc) is 2.41. The summed E-state index contributed by atoms with van der Waals surface area (Å²) in [5.41, 5.74) is 1.09. The predicted octanol–water partition coefficient (Wildman–Crippen LogP) is 4.10. The topological polar surface area (TPSA) is 12.5 Å². The van der Waals surface area contributed by atoms with Gasteiger partial charge in [0.25, 0.3) is 0 Å². The smallest absolute Gasteiger partial charge is 0.123 e. The minimum absolute atomic E-state index is 0.200. The van der Waals surface area contributed by atoms with Crippen LogP contribution in [0.15, 0.2) is 53.0 Å². The van der Waals surface area contributed by atoms with Gasteiger partial charge in [-0.25, -0.2) is 4.39 Å². The molecule has 106 valence electrons. The highest BCUT2D eigenvalue weighted by Crippen LogP contribution is 2.17. The van der Waals surface area contributed by atoms with Crippen molar-refractivity contribution in [3.63, 3.8) is 0 Å². The van der Waals surface area contributed by atoms with E-state index in [-0.39, 0.29) is 5.82 Å². The molecule has 0 spiro atoms. The molecule has 0 aliphatic heterocycles. The van der Waals surface area contributed by atoms with Crippen LogP contribution in [-0.2, 0) is 6.54 Å². The van der Waals surface area contributed by atoms with Crippen molar-refractivity contribution in [1.29, 1.82) is 0 Å². The van der Waals surface area contributed by atoms with Crippen molar-refractivity contribution in [3.8, 4) is 5.75 Å². The van der Waals surface area contributed by atoms with E-state index in [9.17, 15) is 4.39 Å². The van der Waals surface area contributed by atoms with Crippen LogP contribution in [0.5, 0.6) is 5.75 Å². The molecule has 2 aromatic rings. The van der Waals surface area contributed by atoms with E-state index < -0.39 is 0 Å².